The number of nitrogens with one attached hydrogen (secondary N) is 2. The number of rotatable bonds is 8. The van der Waals surface area contributed by atoms with Crippen LogP contribution in [-0.4, -0.2) is 38.4 Å². The normalized spacial score (nSPS) is 13.6. The Morgan fingerprint density at radius 2 is 1.72 bits per heavy atom. The molecule has 0 aromatic heterocycles. The minimum absolute atomic E-state index is 0.0926. The van der Waals surface area contributed by atoms with Crippen LogP contribution in [0.4, 0.5) is 8.78 Å². The summed E-state index contributed by atoms with van der Waals surface area (Å²) >= 11 is 0. The van der Waals surface area contributed by atoms with Crippen molar-refractivity contribution in [3.05, 3.63) is 59.2 Å². The van der Waals surface area contributed by atoms with Crippen molar-refractivity contribution in [1.29, 1.82) is 0 Å². The van der Waals surface area contributed by atoms with Gasteiger partial charge in [-0.25, -0.2) is 8.78 Å². The van der Waals surface area contributed by atoms with E-state index in [1.54, 1.807) is 25.3 Å². The quantitative estimate of drug-likeness (QED) is 0.462. The molecule has 2 unspecified atom stereocenters. The number of halogens is 2. The van der Waals surface area contributed by atoms with E-state index in [4.69, 9.17) is 9.47 Å². The summed E-state index contributed by atoms with van der Waals surface area (Å²) in [5.41, 5.74) is 1.21. The number of benzene rings is 2. The average Bonchev–Trinajstić information content (AvgIpc) is 2.73. The highest BCUT2D eigenvalue weighted by Gasteiger charge is 2.14. The van der Waals surface area contributed by atoms with Gasteiger partial charge in [0.1, 0.15) is 0 Å². The molecule has 0 heterocycles. The van der Waals surface area contributed by atoms with Crippen LogP contribution in [0.15, 0.2) is 41.4 Å². The molecule has 0 saturated carbocycles. The summed E-state index contributed by atoms with van der Waals surface area (Å²) in [5, 5.41) is 16.7. The zero-order valence-electron chi connectivity index (χ0n) is 17.0. The standard InChI is InChI=1S/C21H27F2N3O3/c1-5-24-21(26-13(2)14-6-8-16(22)17(23)10-14)25-12-18(27)15-7-9-19(28-3)20(11-15)29-4/h6-11,13,18,27H,5,12H2,1-4H3,(H2,24,25,26). The number of aliphatic hydroxyl groups is 1. The highest BCUT2D eigenvalue weighted by Crippen LogP contribution is 2.30. The van der Waals surface area contributed by atoms with Gasteiger partial charge in [-0.15, -0.1) is 0 Å². The van der Waals surface area contributed by atoms with Crippen LogP contribution in [0.3, 0.4) is 0 Å². The maximum atomic E-state index is 13.5. The number of aliphatic hydroxyl groups excluding tert-OH is 1. The Morgan fingerprint density at radius 3 is 2.34 bits per heavy atom. The molecule has 0 fully saturated rings. The molecule has 2 aromatic rings. The Bertz CT molecular complexity index is 846. The van der Waals surface area contributed by atoms with Crippen LogP contribution in [0, 0.1) is 11.6 Å². The minimum Gasteiger partial charge on any atom is -0.493 e. The summed E-state index contributed by atoms with van der Waals surface area (Å²) in [6, 6.07) is 8.59. The molecule has 0 amide bonds. The van der Waals surface area contributed by atoms with Gasteiger partial charge in [-0.05, 0) is 49.2 Å². The van der Waals surface area contributed by atoms with Gasteiger partial charge in [-0.3, -0.25) is 4.99 Å². The van der Waals surface area contributed by atoms with Gasteiger partial charge in [0.2, 0.25) is 0 Å². The van der Waals surface area contributed by atoms with Crippen molar-refractivity contribution in [2.24, 2.45) is 4.99 Å². The van der Waals surface area contributed by atoms with E-state index in [9.17, 15) is 13.9 Å². The summed E-state index contributed by atoms with van der Waals surface area (Å²) < 4.78 is 37.1. The SMILES string of the molecule is CCNC(=NCC(O)c1ccc(OC)c(OC)c1)NC(C)c1ccc(F)c(F)c1. The Morgan fingerprint density at radius 1 is 1.03 bits per heavy atom. The van der Waals surface area contributed by atoms with Gasteiger partial charge in [0.05, 0.1) is 32.9 Å². The van der Waals surface area contributed by atoms with Gasteiger partial charge < -0.3 is 25.2 Å². The first-order valence-corrected chi connectivity index (χ1v) is 9.29. The molecule has 0 spiro atoms. The van der Waals surface area contributed by atoms with Crippen LogP contribution < -0.4 is 20.1 Å². The molecule has 3 N–H and O–H groups in total. The highest BCUT2D eigenvalue weighted by atomic mass is 19.2. The molecule has 158 valence electrons. The summed E-state index contributed by atoms with van der Waals surface area (Å²) in [6.07, 6.45) is -0.858. The summed E-state index contributed by atoms with van der Waals surface area (Å²) in [4.78, 5) is 4.40. The number of ether oxygens (including phenoxy) is 2. The largest absolute Gasteiger partial charge is 0.493 e. The zero-order valence-corrected chi connectivity index (χ0v) is 17.0. The molecular formula is C21H27F2N3O3. The lowest BCUT2D eigenvalue weighted by Crippen LogP contribution is -2.39. The van der Waals surface area contributed by atoms with Crippen LogP contribution in [-0.2, 0) is 0 Å². The second kappa shape index (κ2) is 10.6. The van der Waals surface area contributed by atoms with E-state index in [0.29, 0.717) is 35.1 Å². The minimum atomic E-state index is -0.901. The third-order valence-electron chi connectivity index (χ3n) is 4.36. The molecule has 2 aromatic carbocycles. The van der Waals surface area contributed by atoms with Crippen LogP contribution in [0.2, 0.25) is 0 Å². The fourth-order valence-corrected chi connectivity index (χ4v) is 2.73. The molecule has 0 radical (unpaired) electrons. The molecule has 0 aliphatic rings. The molecule has 0 aliphatic heterocycles. The molecular weight excluding hydrogens is 380 g/mol. The number of hydrogen-bond donors (Lipinski definition) is 3. The van der Waals surface area contributed by atoms with Crippen LogP contribution >= 0.6 is 0 Å². The van der Waals surface area contributed by atoms with E-state index < -0.39 is 17.7 Å². The number of guanidine groups is 1. The fraction of sp³-hybridized carbons (Fsp3) is 0.381. The summed E-state index contributed by atoms with van der Waals surface area (Å²) in [7, 11) is 3.07. The lowest BCUT2D eigenvalue weighted by Gasteiger charge is -2.19. The number of methoxy groups -OCH3 is 2. The van der Waals surface area contributed by atoms with Crippen LogP contribution in [0.25, 0.3) is 0 Å². The average molecular weight is 407 g/mol. The van der Waals surface area contributed by atoms with Gasteiger partial charge in [0, 0.05) is 6.54 Å². The summed E-state index contributed by atoms with van der Waals surface area (Å²) in [5.74, 6) is -0.252. The van der Waals surface area contributed by atoms with Crippen molar-refractivity contribution in [1.82, 2.24) is 10.6 Å². The predicted octanol–water partition coefficient (Wildman–Crippen LogP) is 3.33. The van der Waals surface area contributed by atoms with Crippen LogP contribution in [0.5, 0.6) is 11.5 Å². The van der Waals surface area contributed by atoms with E-state index in [2.05, 4.69) is 15.6 Å². The molecule has 0 bridgehead atoms. The van der Waals surface area contributed by atoms with E-state index in [1.165, 1.54) is 13.2 Å². The van der Waals surface area contributed by atoms with Crippen molar-refractivity contribution in [2.45, 2.75) is 26.0 Å². The van der Waals surface area contributed by atoms with Gasteiger partial charge >= 0.3 is 0 Å². The first kappa shape index (κ1) is 22.4. The smallest absolute Gasteiger partial charge is 0.191 e. The molecule has 2 rings (SSSR count). The van der Waals surface area contributed by atoms with Crippen molar-refractivity contribution in [3.63, 3.8) is 0 Å². The van der Waals surface area contributed by atoms with Gasteiger partial charge in [0.25, 0.3) is 0 Å². The first-order chi connectivity index (χ1) is 13.9. The lowest BCUT2D eigenvalue weighted by molar-refractivity contribution is 0.186. The fourth-order valence-electron chi connectivity index (χ4n) is 2.73. The van der Waals surface area contributed by atoms with Crippen molar-refractivity contribution in [2.75, 3.05) is 27.3 Å². The molecule has 0 saturated heterocycles. The van der Waals surface area contributed by atoms with Crippen LogP contribution in [0.1, 0.15) is 37.1 Å². The van der Waals surface area contributed by atoms with Gasteiger partial charge in [-0.1, -0.05) is 12.1 Å². The molecule has 8 heteroatoms. The van der Waals surface area contributed by atoms with E-state index >= 15 is 0 Å². The van der Waals surface area contributed by atoms with Crippen molar-refractivity contribution >= 4 is 5.96 Å². The maximum Gasteiger partial charge on any atom is 0.191 e. The van der Waals surface area contributed by atoms with E-state index in [-0.39, 0.29) is 12.6 Å². The number of hydrogen-bond acceptors (Lipinski definition) is 4. The van der Waals surface area contributed by atoms with Crippen molar-refractivity contribution in [3.8, 4) is 11.5 Å². The van der Waals surface area contributed by atoms with Gasteiger partial charge in [0.15, 0.2) is 29.1 Å². The maximum absolute atomic E-state index is 13.5. The first-order valence-electron chi connectivity index (χ1n) is 9.29. The Kier molecular flexibility index (Phi) is 8.21. The van der Waals surface area contributed by atoms with E-state index in [1.807, 2.05) is 13.8 Å². The Hall–Kier alpha value is -2.87. The molecule has 2 atom stereocenters. The number of nitrogens with zero attached hydrogens (tertiary/aromatic N) is 1. The highest BCUT2D eigenvalue weighted by molar-refractivity contribution is 5.80. The third kappa shape index (κ3) is 6.05. The second-order valence-electron chi connectivity index (χ2n) is 6.39. The predicted molar refractivity (Wildman–Crippen MR) is 108 cm³/mol. The van der Waals surface area contributed by atoms with Crippen molar-refractivity contribution < 1.29 is 23.4 Å². The molecule has 29 heavy (non-hydrogen) atoms. The van der Waals surface area contributed by atoms with Gasteiger partial charge in [-0.2, -0.15) is 0 Å². The zero-order chi connectivity index (χ0) is 21.4. The Labute approximate surface area is 169 Å². The summed E-state index contributed by atoms with van der Waals surface area (Å²) in [6.45, 7) is 4.41. The molecule has 6 nitrogen and oxygen atoms in total. The monoisotopic (exact) mass is 407 g/mol. The Balaban J connectivity index is 2.10. The topological polar surface area (TPSA) is 75.1 Å². The van der Waals surface area contributed by atoms with E-state index in [0.717, 1.165) is 12.1 Å². The number of aliphatic imine (C=N–C) groups is 1. The lowest BCUT2D eigenvalue weighted by atomic mass is 10.1. The third-order valence-corrected chi connectivity index (χ3v) is 4.36. The second-order valence-corrected chi connectivity index (χ2v) is 6.39. The molecule has 0 aliphatic carbocycles.